The van der Waals surface area contributed by atoms with Gasteiger partial charge in [0.2, 0.25) is 0 Å². The van der Waals surface area contributed by atoms with E-state index in [1.807, 2.05) is 0 Å². The Hall–Kier alpha value is -2.01. The van der Waals surface area contributed by atoms with Gasteiger partial charge in [-0.2, -0.15) is 0 Å². The molecule has 1 N–H and O–H groups in total. The fraction of sp³-hybridized carbons (Fsp3) is 0.143. The number of pyridine rings is 1. The van der Waals surface area contributed by atoms with Crippen LogP contribution in [0.4, 0.5) is 8.78 Å². The van der Waals surface area contributed by atoms with Gasteiger partial charge in [-0.15, -0.1) is 0 Å². The van der Waals surface area contributed by atoms with Gasteiger partial charge in [0, 0.05) is 12.4 Å². The summed E-state index contributed by atoms with van der Waals surface area (Å²) in [6.45, 7) is 1.66. The minimum absolute atomic E-state index is 0.226. The molecule has 1 unspecified atom stereocenters. The van der Waals surface area contributed by atoms with E-state index in [-0.39, 0.29) is 10.6 Å². The molecule has 0 radical (unpaired) electrons. The first-order valence-electron chi connectivity index (χ1n) is 5.84. The first-order chi connectivity index (χ1) is 9.49. The lowest BCUT2D eigenvalue weighted by Crippen LogP contribution is -2.27. The van der Waals surface area contributed by atoms with Gasteiger partial charge < -0.3 is 5.32 Å². The molecule has 0 saturated carbocycles. The fourth-order valence-corrected chi connectivity index (χ4v) is 1.87. The summed E-state index contributed by atoms with van der Waals surface area (Å²) < 4.78 is 26.0. The lowest BCUT2D eigenvalue weighted by Gasteiger charge is -2.15. The van der Waals surface area contributed by atoms with Gasteiger partial charge in [-0.1, -0.05) is 17.7 Å². The molecule has 0 bridgehead atoms. The molecule has 0 aliphatic carbocycles. The highest BCUT2D eigenvalue weighted by Crippen LogP contribution is 2.18. The number of benzene rings is 1. The van der Waals surface area contributed by atoms with Gasteiger partial charge in [-0.3, -0.25) is 9.78 Å². The van der Waals surface area contributed by atoms with Crippen molar-refractivity contribution in [3.63, 3.8) is 0 Å². The molecule has 2 aromatic rings. The summed E-state index contributed by atoms with van der Waals surface area (Å²) in [5, 5.41) is 2.92. The summed E-state index contributed by atoms with van der Waals surface area (Å²) in [6, 6.07) is 4.48. The van der Waals surface area contributed by atoms with Crippen LogP contribution in [0.5, 0.6) is 0 Å². The molecule has 2 rings (SSSR count). The van der Waals surface area contributed by atoms with Crippen LogP contribution in [0.25, 0.3) is 0 Å². The zero-order valence-electron chi connectivity index (χ0n) is 10.5. The van der Waals surface area contributed by atoms with Crippen LogP contribution in [-0.2, 0) is 0 Å². The van der Waals surface area contributed by atoms with Crippen LogP contribution < -0.4 is 5.32 Å². The van der Waals surface area contributed by atoms with Gasteiger partial charge in [0.25, 0.3) is 5.91 Å². The van der Waals surface area contributed by atoms with Crippen molar-refractivity contribution in [1.29, 1.82) is 0 Å². The van der Waals surface area contributed by atoms with E-state index in [2.05, 4.69) is 10.3 Å². The summed E-state index contributed by atoms with van der Waals surface area (Å²) in [6.07, 6.45) is 2.81. The zero-order chi connectivity index (χ0) is 14.7. The SMILES string of the molecule is CC(NC(=O)c1cnccc1Cl)c1ccc(F)c(F)c1. The third kappa shape index (κ3) is 3.11. The maximum Gasteiger partial charge on any atom is 0.254 e. The van der Waals surface area contributed by atoms with Crippen molar-refractivity contribution in [2.75, 3.05) is 0 Å². The number of hydrogen-bond donors (Lipinski definition) is 1. The lowest BCUT2D eigenvalue weighted by atomic mass is 10.1. The molecule has 1 amide bonds. The topological polar surface area (TPSA) is 42.0 Å². The van der Waals surface area contributed by atoms with Crippen LogP contribution >= 0.6 is 11.6 Å². The van der Waals surface area contributed by atoms with E-state index in [1.54, 1.807) is 6.92 Å². The van der Waals surface area contributed by atoms with Crippen LogP contribution in [0.15, 0.2) is 36.7 Å². The van der Waals surface area contributed by atoms with Crippen molar-refractivity contribution in [3.05, 3.63) is 64.4 Å². The molecule has 1 aromatic carbocycles. The first kappa shape index (κ1) is 14.4. The summed E-state index contributed by atoms with van der Waals surface area (Å²) in [5.41, 5.74) is 0.681. The molecular weight excluding hydrogens is 286 g/mol. The van der Waals surface area contributed by atoms with Gasteiger partial charge in [-0.05, 0) is 30.7 Å². The number of rotatable bonds is 3. The third-order valence-electron chi connectivity index (χ3n) is 2.80. The quantitative estimate of drug-likeness (QED) is 0.942. The highest BCUT2D eigenvalue weighted by molar-refractivity contribution is 6.33. The van der Waals surface area contributed by atoms with E-state index in [9.17, 15) is 13.6 Å². The molecule has 0 aliphatic heterocycles. The maximum atomic E-state index is 13.1. The van der Waals surface area contributed by atoms with E-state index in [0.29, 0.717) is 5.56 Å². The van der Waals surface area contributed by atoms with E-state index in [4.69, 9.17) is 11.6 Å². The first-order valence-corrected chi connectivity index (χ1v) is 6.22. The van der Waals surface area contributed by atoms with E-state index < -0.39 is 23.6 Å². The second-order valence-electron chi connectivity index (χ2n) is 4.22. The molecule has 1 aromatic heterocycles. The van der Waals surface area contributed by atoms with Crippen molar-refractivity contribution < 1.29 is 13.6 Å². The lowest BCUT2D eigenvalue weighted by molar-refractivity contribution is 0.0939. The Morgan fingerprint density at radius 2 is 2.05 bits per heavy atom. The van der Waals surface area contributed by atoms with Crippen LogP contribution in [0.2, 0.25) is 5.02 Å². The summed E-state index contributed by atoms with van der Waals surface area (Å²) in [5.74, 6) is -2.31. The minimum atomic E-state index is -0.956. The Morgan fingerprint density at radius 1 is 1.30 bits per heavy atom. The predicted octanol–water partition coefficient (Wildman–Crippen LogP) is 3.50. The van der Waals surface area contributed by atoms with Crippen LogP contribution in [0.1, 0.15) is 28.9 Å². The highest BCUT2D eigenvalue weighted by atomic mass is 35.5. The Labute approximate surface area is 119 Å². The molecule has 1 heterocycles. The Morgan fingerprint density at radius 3 is 2.70 bits per heavy atom. The van der Waals surface area contributed by atoms with E-state index in [0.717, 1.165) is 12.1 Å². The molecule has 20 heavy (non-hydrogen) atoms. The van der Waals surface area contributed by atoms with Gasteiger partial charge >= 0.3 is 0 Å². The number of nitrogens with one attached hydrogen (secondary N) is 1. The average molecular weight is 297 g/mol. The second kappa shape index (κ2) is 5.96. The second-order valence-corrected chi connectivity index (χ2v) is 4.63. The average Bonchev–Trinajstić information content (AvgIpc) is 2.42. The number of hydrogen-bond acceptors (Lipinski definition) is 2. The molecular formula is C14H11ClF2N2O. The molecule has 0 saturated heterocycles. The van der Waals surface area contributed by atoms with Gasteiger partial charge in [0.1, 0.15) is 0 Å². The summed E-state index contributed by atoms with van der Waals surface area (Å²) >= 11 is 5.88. The van der Waals surface area contributed by atoms with Crippen LogP contribution in [0, 0.1) is 11.6 Å². The smallest absolute Gasteiger partial charge is 0.254 e. The zero-order valence-corrected chi connectivity index (χ0v) is 11.3. The summed E-state index contributed by atoms with van der Waals surface area (Å²) in [7, 11) is 0. The molecule has 6 heteroatoms. The number of nitrogens with zero attached hydrogens (tertiary/aromatic N) is 1. The van der Waals surface area contributed by atoms with E-state index in [1.165, 1.54) is 24.5 Å². The Balaban J connectivity index is 2.15. The fourth-order valence-electron chi connectivity index (χ4n) is 1.68. The van der Waals surface area contributed by atoms with Crippen molar-refractivity contribution in [2.45, 2.75) is 13.0 Å². The maximum absolute atomic E-state index is 13.1. The summed E-state index contributed by atoms with van der Waals surface area (Å²) in [4.78, 5) is 15.8. The normalized spacial score (nSPS) is 12.0. The van der Waals surface area contributed by atoms with Crippen LogP contribution in [0.3, 0.4) is 0 Å². The van der Waals surface area contributed by atoms with Crippen molar-refractivity contribution in [2.24, 2.45) is 0 Å². The number of carbonyl (C=O) groups is 1. The number of halogens is 3. The standard InChI is InChI=1S/C14H11ClF2N2O/c1-8(9-2-3-12(16)13(17)6-9)19-14(20)10-7-18-5-4-11(10)15/h2-8H,1H3,(H,19,20). The van der Waals surface area contributed by atoms with Crippen LogP contribution in [-0.4, -0.2) is 10.9 Å². The largest absolute Gasteiger partial charge is 0.345 e. The molecule has 1 atom stereocenters. The Bertz CT molecular complexity index is 649. The van der Waals surface area contributed by atoms with Crippen molar-refractivity contribution in [3.8, 4) is 0 Å². The third-order valence-corrected chi connectivity index (χ3v) is 3.13. The van der Waals surface area contributed by atoms with Gasteiger partial charge in [-0.25, -0.2) is 8.78 Å². The number of carbonyl (C=O) groups excluding carboxylic acids is 1. The molecule has 104 valence electrons. The van der Waals surface area contributed by atoms with Crippen molar-refractivity contribution >= 4 is 17.5 Å². The minimum Gasteiger partial charge on any atom is -0.345 e. The van der Waals surface area contributed by atoms with Gasteiger partial charge in [0.05, 0.1) is 16.6 Å². The van der Waals surface area contributed by atoms with E-state index >= 15 is 0 Å². The highest BCUT2D eigenvalue weighted by Gasteiger charge is 2.15. The molecule has 3 nitrogen and oxygen atoms in total. The predicted molar refractivity (Wildman–Crippen MR) is 71.5 cm³/mol. The molecule has 0 fully saturated rings. The Kier molecular flexibility index (Phi) is 4.29. The molecule has 0 aliphatic rings. The number of aromatic nitrogens is 1. The monoisotopic (exact) mass is 296 g/mol. The van der Waals surface area contributed by atoms with Crippen molar-refractivity contribution in [1.82, 2.24) is 10.3 Å². The van der Waals surface area contributed by atoms with Gasteiger partial charge in [0.15, 0.2) is 11.6 Å². The molecule has 0 spiro atoms. The number of amides is 1.